The highest BCUT2D eigenvalue weighted by Gasteiger charge is 2.51. The summed E-state index contributed by atoms with van der Waals surface area (Å²) in [6, 6.07) is 10.9. The number of ketones is 1. The molecule has 1 aliphatic carbocycles. The van der Waals surface area contributed by atoms with Crippen molar-refractivity contribution < 1.29 is 9.72 Å². The number of nitrogens with zero attached hydrogens (tertiary/aromatic N) is 2. The first kappa shape index (κ1) is 13.2. The Morgan fingerprint density at radius 1 is 1.42 bits per heavy atom. The molecule has 0 aliphatic heterocycles. The quantitative estimate of drug-likeness (QED) is 0.612. The van der Waals surface area contributed by atoms with Crippen molar-refractivity contribution in [3.63, 3.8) is 0 Å². The molecule has 0 N–H and O–H groups in total. The smallest absolute Gasteiger partial charge is 0.212 e. The first-order valence-electron chi connectivity index (χ1n) is 6.21. The molecule has 1 fully saturated rings. The second-order valence-electron chi connectivity index (χ2n) is 4.84. The monoisotopic (exact) mass is 258 g/mol. The fourth-order valence-electron chi connectivity index (χ4n) is 2.84. The molecule has 0 aromatic heterocycles. The molecular weight excluding hydrogens is 244 g/mol. The van der Waals surface area contributed by atoms with E-state index in [1.54, 1.807) is 24.3 Å². The van der Waals surface area contributed by atoms with E-state index >= 15 is 0 Å². The van der Waals surface area contributed by atoms with Crippen LogP contribution in [0.3, 0.4) is 0 Å². The maximum Gasteiger partial charge on any atom is 0.212 e. The van der Waals surface area contributed by atoms with Gasteiger partial charge in [0.1, 0.15) is 5.41 Å². The third-order valence-corrected chi connectivity index (χ3v) is 3.80. The van der Waals surface area contributed by atoms with Gasteiger partial charge in [0.15, 0.2) is 5.78 Å². The molecule has 1 aromatic carbocycles. The molecule has 0 amide bonds. The van der Waals surface area contributed by atoms with Crippen molar-refractivity contribution in [1.29, 1.82) is 5.26 Å². The van der Waals surface area contributed by atoms with E-state index in [0.29, 0.717) is 24.8 Å². The lowest BCUT2D eigenvalue weighted by Gasteiger charge is -2.27. The van der Waals surface area contributed by atoms with E-state index in [0.717, 1.165) is 0 Å². The van der Waals surface area contributed by atoms with Crippen molar-refractivity contribution >= 4 is 5.78 Å². The van der Waals surface area contributed by atoms with Gasteiger partial charge in [-0.2, -0.15) is 5.26 Å². The van der Waals surface area contributed by atoms with Crippen molar-refractivity contribution in [3.05, 3.63) is 46.0 Å². The molecule has 5 nitrogen and oxygen atoms in total. The minimum Gasteiger partial charge on any atom is -0.298 e. The van der Waals surface area contributed by atoms with Gasteiger partial charge in [-0.25, -0.2) is 0 Å². The zero-order valence-corrected chi connectivity index (χ0v) is 10.4. The number of Topliss-reactive ketones (excluding diaryl/α,β-unsaturated/α-hetero) is 1. The summed E-state index contributed by atoms with van der Waals surface area (Å²) in [6.07, 6.45) is 1.39. The molecule has 2 atom stereocenters. The number of hydrogen-bond donors (Lipinski definition) is 0. The minimum absolute atomic E-state index is 0.161. The summed E-state index contributed by atoms with van der Waals surface area (Å²) >= 11 is 0. The summed E-state index contributed by atoms with van der Waals surface area (Å²) < 4.78 is 0. The van der Waals surface area contributed by atoms with E-state index in [-0.39, 0.29) is 12.3 Å². The van der Waals surface area contributed by atoms with Crippen molar-refractivity contribution in [3.8, 4) is 6.07 Å². The molecule has 1 aromatic rings. The van der Waals surface area contributed by atoms with Gasteiger partial charge in [-0.1, -0.05) is 30.3 Å². The van der Waals surface area contributed by atoms with Crippen LogP contribution in [0.25, 0.3) is 0 Å². The Balaban J connectivity index is 2.46. The predicted molar refractivity (Wildman–Crippen MR) is 67.9 cm³/mol. The molecule has 0 radical (unpaired) electrons. The Hall–Kier alpha value is -2.22. The Labute approximate surface area is 111 Å². The molecule has 19 heavy (non-hydrogen) atoms. The lowest BCUT2D eigenvalue weighted by Crippen LogP contribution is -2.35. The van der Waals surface area contributed by atoms with Crippen LogP contribution < -0.4 is 0 Å². The molecule has 0 spiro atoms. The Morgan fingerprint density at radius 2 is 2.11 bits per heavy atom. The first-order chi connectivity index (χ1) is 9.10. The molecule has 1 saturated carbocycles. The largest absolute Gasteiger partial charge is 0.298 e. The van der Waals surface area contributed by atoms with Crippen LogP contribution in [0.5, 0.6) is 0 Å². The summed E-state index contributed by atoms with van der Waals surface area (Å²) in [7, 11) is 0. The van der Waals surface area contributed by atoms with Gasteiger partial charge in [0.2, 0.25) is 6.54 Å². The molecule has 0 heterocycles. The third kappa shape index (κ3) is 2.34. The molecule has 5 heteroatoms. The molecule has 1 aliphatic rings. The number of nitriles is 1. The lowest BCUT2D eigenvalue weighted by molar-refractivity contribution is -0.485. The van der Waals surface area contributed by atoms with Crippen LogP contribution in [0.15, 0.2) is 30.3 Å². The van der Waals surface area contributed by atoms with Crippen molar-refractivity contribution in [1.82, 2.24) is 0 Å². The van der Waals surface area contributed by atoms with Crippen molar-refractivity contribution in [2.75, 3.05) is 6.54 Å². The van der Waals surface area contributed by atoms with Gasteiger partial charge in [0.05, 0.1) is 12.0 Å². The van der Waals surface area contributed by atoms with Crippen molar-refractivity contribution in [2.45, 2.75) is 25.2 Å². The van der Waals surface area contributed by atoms with E-state index < -0.39 is 16.3 Å². The van der Waals surface area contributed by atoms with Gasteiger partial charge in [-0.15, -0.1) is 0 Å². The summed E-state index contributed by atoms with van der Waals surface area (Å²) in [5, 5.41) is 20.3. The molecule has 1 unspecified atom stereocenters. The number of hydrogen-bond acceptors (Lipinski definition) is 4. The number of nitro groups is 1. The van der Waals surface area contributed by atoms with Crippen LogP contribution >= 0.6 is 0 Å². The highest BCUT2D eigenvalue weighted by molar-refractivity contribution is 5.90. The molecule has 0 bridgehead atoms. The summed E-state index contributed by atoms with van der Waals surface area (Å²) in [5.41, 5.74) is -0.537. The Bertz CT molecular complexity index is 535. The van der Waals surface area contributed by atoms with Gasteiger partial charge in [0.25, 0.3) is 0 Å². The van der Waals surface area contributed by atoms with Crippen LogP contribution in [0.2, 0.25) is 0 Å². The Kier molecular flexibility index (Phi) is 3.61. The zero-order valence-electron chi connectivity index (χ0n) is 10.4. The lowest BCUT2D eigenvalue weighted by atomic mass is 9.71. The number of carbonyl (C=O) groups excluding carboxylic acids is 1. The molecule has 98 valence electrons. The van der Waals surface area contributed by atoms with E-state index in [1.165, 1.54) is 0 Å². The number of carbonyl (C=O) groups is 1. The van der Waals surface area contributed by atoms with Gasteiger partial charge in [0, 0.05) is 11.3 Å². The minimum atomic E-state index is -1.23. The fraction of sp³-hybridized carbons (Fsp3) is 0.429. The molecule has 0 saturated heterocycles. The van der Waals surface area contributed by atoms with Crippen LogP contribution in [0.1, 0.15) is 30.7 Å². The molecule has 2 rings (SSSR count). The van der Waals surface area contributed by atoms with Crippen LogP contribution in [0.4, 0.5) is 0 Å². The summed E-state index contributed by atoms with van der Waals surface area (Å²) in [4.78, 5) is 22.5. The van der Waals surface area contributed by atoms with Crippen LogP contribution in [-0.4, -0.2) is 17.3 Å². The highest BCUT2D eigenvalue weighted by Crippen LogP contribution is 2.46. The average molecular weight is 258 g/mol. The van der Waals surface area contributed by atoms with E-state index in [9.17, 15) is 20.2 Å². The summed E-state index contributed by atoms with van der Waals surface area (Å²) in [5.74, 6) is -0.825. The zero-order chi connectivity index (χ0) is 13.9. The highest BCUT2D eigenvalue weighted by atomic mass is 16.6. The SMILES string of the molecule is N#CC1([C@@H](C[N+](=O)[O-])c2ccccc2)CCCC1=O. The first-order valence-corrected chi connectivity index (χ1v) is 6.21. The van der Waals surface area contributed by atoms with E-state index in [4.69, 9.17) is 0 Å². The third-order valence-electron chi connectivity index (χ3n) is 3.80. The van der Waals surface area contributed by atoms with Crippen LogP contribution in [0, 0.1) is 26.9 Å². The fourth-order valence-corrected chi connectivity index (χ4v) is 2.84. The van der Waals surface area contributed by atoms with E-state index in [2.05, 4.69) is 6.07 Å². The van der Waals surface area contributed by atoms with Gasteiger partial charge < -0.3 is 0 Å². The standard InChI is InChI=1S/C14H14N2O3/c15-10-14(8-4-7-13(14)17)12(9-16(18)19)11-5-2-1-3-6-11/h1-3,5-6,12H,4,7-9H2/t12-,14?/m0/s1. The Morgan fingerprint density at radius 3 is 2.58 bits per heavy atom. The second-order valence-corrected chi connectivity index (χ2v) is 4.84. The van der Waals surface area contributed by atoms with Gasteiger partial charge >= 0.3 is 0 Å². The van der Waals surface area contributed by atoms with Gasteiger partial charge in [-0.3, -0.25) is 14.9 Å². The number of benzene rings is 1. The molecular formula is C14H14N2O3. The topological polar surface area (TPSA) is 84.0 Å². The maximum atomic E-state index is 12.1. The number of rotatable bonds is 4. The normalized spacial score (nSPS) is 23.8. The van der Waals surface area contributed by atoms with E-state index in [1.807, 2.05) is 6.07 Å². The second kappa shape index (κ2) is 5.19. The van der Waals surface area contributed by atoms with Gasteiger partial charge in [-0.05, 0) is 18.4 Å². The van der Waals surface area contributed by atoms with Crippen LogP contribution in [-0.2, 0) is 4.79 Å². The van der Waals surface area contributed by atoms with Crippen molar-refractivity contribution in [2.24, 2.45) is 5.41 Å². The maximum absolute atomic E-state index is 12.1. The summed E-state index contributed by atoms with van der Waals surface area (Å²) in [6.45, 7) is -0.386. The average Bonchev–Trinajstić information content (AvgIpc) is 2.79. The predicted octanol–water partition coefficient (Wildman–Crippen LogP) is 2.31.